The van der Waals surface area contributed by atoms with Gasteiger partial charge in [-0.05, 0) is 29.3 Å². The first-order valence-corrected chi connectivity index (χ1v) is 9.58. The zero-order chi connectivity index (χ0) is 22.0. The van der Waals surface area contributed by atoms with E-state index in [-0.39, 0.29) is 24.3 Å². The van der Waals surface area contributed by atoms with Crippen LogP contribution in [0.4, 0.5) is 19.0 Å². The minimum atomic E-state index is -4.52. The van der Waals surface area contributed by atoms with E-state index in [2.05, 4.69) is 20.7 Å². The topological polar surface area (TPSA) is 81.1 Å². The molecular weight excluding hydrogens is 411 g/mol. The lowest BCUT2D eigenvalue weighted by Crippen LogP contribution is -2.36. The van der Waals surface area contributed by atoms with E-state index in [1.54, 1.807) is 48.8 Å². The number of rotatable bonds is 5. The van der Waals surface area contributed by atoms with Gasteiger partial charge >= 0.3 is 6.18 Å². The number of ether oxygens (including phenoxy) is 1. The summed E-state index contributed by atoms with van der Waals surface area (Å²) in [5.74, 6) is 0.0475. The Labute approximate surface area is 176 Å². The zero-order valence-corrected chi connectivity index (χ0v) is 16.6. The molecule has 0 aliphatic carbocycles. The number of hydrogen-bond acceptors (Lipinski definition) is 5. The lowest BCUT2D eigenvalue weighted by Gasteiger charge is -2.34. The molecule has 4 rings (SSSR count). The van der Waals surface area contributed by atoms with E-state index >= 15 is 0 Å². The summed E-state index contributed by atoms with van der Waals surface area (Å²) < 4.78 is 47.5. The molecule has 31 heavy (non-hydrogen) atoms. The average Bonchev–Trinajstić information content (AvgIpc) is 3.21. The number of benzene rings is 1. The van der Waals surface area contributed by atoms with Crippen molar-refractivity contribution in [1.29, 1.82) is 0 Å². The highest BCUT2D eigenvalue weighted by Crippen LogP contribution is 2.44. The molecule has 162 valence electrons. The van der Waals surface area contributed by atoms with Gasteiger partial charge in [0.25, 0.3) is 5.91 Å². The monoisotopic (exact) mass is 431 g/mol. The molecule has 2 aromatic heterocycles. The number of carbonyl (C=O) groups is 1. The molecule has 0 fully saturated rings. The van der Waals surface area contributed by atoms with Crippen molar-refractivity contribution in [3.8, 4) is 5.75 Å². The Hall–Kier alpha value is -3.56. The molecule has 0 saturated carbocycles. The smallest absolute Gasteiger partial charge is 0.410 e. The third kappa shape index (κ3) is 4.32. The number of fused-ring (bicyclic) bond motifs is 1. The minimum absolute atomic E-state index is 0.0325. The minimum Gasteiger partial charge on any atom is -0.497 e. The molecule has 0 saturated heterocycles. The van der Waals surface area contributed by atoms with Gasteiger partial charge in [0.1, 0.15) is 17.1 Å². The summed E-state index contributed by atoms with van der Waals surface area (Å²) in [4.78, 5) is 16.7. The summed E-state index contributed by atoms with van der Waals surface area (Å²) in [6.07, 6.45) is -0.414. The SMILES string of the molecule is COc1cccc([C@@H]2C[C@H](C(F)(F)F)n3ncc(C(=O)NCc4cccnc4)c3N2)c1. The summed E-state index contributed by atoms with van der Waals surface area (Å²) in [7, 11) is 1.49. The normalized spacial score (nSPS) is 18.1. The molecule has 0 radical (unpaired) electrons. The van der Waals surface area contributed by atoms with Crippen LogP contribution >= 0.6 is 0 Å². The van der Waals surface area contributed by atoms with Crippen LogP contribution in [0.25, 0.3) is 0 Å². The number of alkyl halides is 3. The first-order valence-electron chi connectivity index (χ1n) is 9.58. The second-order valence-electron chi connectivity index (χ2n) is 7.16. The standard InChI is InChI=1S/C21H20F3N5O2/c1-31-15-6-2-5-14(8-15)17-9-18(21(22,23)24)29-19(28-17)16(12-27-29)20(30)26-11-13-4-3-7-25-10-13/h2-8,10,12,17-18,28H,9,11H2,1H3,(H,26,30)/t17-,18+/m0/s1. The van der Waals surface area contributed by atoms with Crippen LogP contribution in [0, 0.1) is 0 Å². The highest BCUT2D eigenvalue weighted by atomic mass is 19.4. The zero-order valence-electron chi connectivity index (χ0n) is 16.6. The third-order valence-electron chi connectivity index (χ3n) is 5.16. The predicted molar refractivity (Wildman–Crippen MR) is 107 cm³/mol. The van der Waals surface area contributed by atoms with Crippen molar-refractivity contribution in [1.82, 2.24) is 20.1 Å². The quantitative estimate of drug-likeness (QED) is 0.641. The van der Waals surface area contributed by atoms with E-state index in [1.165, 1.54) is 7.11 Å². The molecule has 1 amide bonds. The molecule has 0 spiro atoms. The van der Waals surface area contributed by atoms with Crippen LogP contribution in [0.5, 0.6) is 5.75 Å². The molecule has 10 heteroatoms. The predicted octanol–water partition coefficient (Wildman–Crippen LogP) is 3.88. The average molecular weight is 431 g/mol. The number of pyridine rings is 1. The Kier molecular flexibility index (Phi) is 5.53. The van der Waals surface area contributed by atoms with Gasteiger partial charge in [0.2, 0.25) is 0 Å². The Morgan fingerprint density at radius 3 is 2.84 bits per heavy atom. The molecule has 2 N–H and O–H groups in total. The van der Waals surface area contributed by atoms with Gasteiger partial charge in [-0.3, -0.25) is 9.78 Å². The Morgan fingerprint density at radius 2 is 2.13 bits per heavy atom. The van der Waals surface area contributed by atoms with Gasteiger partial charge in [-0.2, -0.15) is 18.3 Å². The summed E-state index contributed by atoms with van der Waals surface area (Å²) in [5.41, 5.74) is 1.45. The number of aromatic nitrogens is 3. The molecule has 0 unspecified atom stereocenters. The summed E-state index contributed by atoms with van der Waals surface area (Å²) >= 11 is 0. The highest BCUT2D eigenvalue weighted by Gasteiger charge is 2.47. The lowest BCUT2D eigenvalue weighted by atomic mass is 9.96. The van der Waals surface area contributed by atoms with Crippen molar-refractivity contribution >= 4 is 11.7 Å². The Bertz CT molecular complexity index is 1070. The van der Waals surface area contributed by atoms with Gasteiger partial charge in [-0.25, -0.2) is 4.68 Å². The lowest BCUT2D eigenvalue weighted by molar-refractivity contribution is -0.173. The Morgan fingerprint density at radius 1 is 1.29 bits per heavy atom. The van der Waals surface area contributed by atoms with Gasteiger partial charge in [0, 0.05) is 25.4 Å². The molecule has 1 aromatic carbocycles. The first kappa shape index (κ1) is 20.7. The maximum absolute atomic E-state index is 13.8. The van der Waals surface area contributed by atoms with Gasteiger partial charge in [0.15, 0.2) is 6.04 Å². The van der Waals surface area contributed by atoms with Gasteiger partial charge in [-0.1, -0.05) is 18.2 Å². The fraction of sp³-hybridized carbons (Fsp3) is 0.286. The number of hydrogen-bond donors (Lipinski definition) is 2. The number of amides is 1. The largest absolute Gasteiger partial charge is 0.497 e. The number of nitrogens with one attached hydrogen (secondary N) is 2. The molecule has 0 bridgehead atoms. The van der Waals surface area contributed by atoms with Crippen LogP contribution in [0.1, 0.15) is 40.0 Å². The number of halogens is 3. The number of nitrogens with zero attached hydrogens (tertiary/aromatic N) is 3. The van der Waals surface area contributed by atoms with E-state index in [0.717, 1.165) is 16.4 Å². The third-order valence-corrected chi connectivity index (χ3v) is 5.16. The molecule has 1 aliphatic rings. The van der Waals surface area contributed by atoms with Crippen LogP contribution in [-0.2, 0) is 6.54 Å². The van der Waals surface area contributed by atoms with Gasteiger partial charge in [0.05, 0.1) is 19.3 Å². The van der Waals surface area contributed by atoms with E-state index in [4.69, 9.17) is 4.74 Å². The molecular formula is C21H20F3N5O2. The fourth-order valence-corrected chi connectivity index (χ4v) is 3.59. The van der Waals surface area contributed by atoms with Crippen LogP contribution in [0.2, 0.25) is 0 Å². The van der Waals surface area contributed by atoms with E-state index < -0.39 is 24.2 Å². The summed E-state index contributed by atoms with van der Waals surface area (Å²) in [6.45, 7) is 0.194. The highest BCUT2D eigenvalue weighted by molar-refractivity contribution is 5.98. The van der Waals surface area contributed by atoms with E-state index in [9.17, 15) is 18.0 Å². The number of methoxy groups -OCH3 is 1. The van der Waals surface area contributed by atoms with E-state index in [1.807, 2.05) is 0 Å². The maximum Gasteiger partial charge on any atom is 0.410 e. The number of anilines is 1. The summed E-state index contributed by atoms with van der Waals surface area (Å²) in [6, 6.07) is 7.83. The van der Waals surface area contributed by atoms with Crippen molar-refractivity contribution in [2.75, 3.05) is 12.4 Å². The van der Waals surface area contributed by atoms with Gasteiger partial charge < -0.3 is 15.4 Å². The first-order chi connectivity index (χ1) is 14.9. The summed E-state index contributed by atoms with van der Waals surface area (Å²) in [5, 5.41) is 9.65. The molecule has 7 nitrogen and oxygen atoms in total. The van der Waals surface area contributed by atoms with E-state index in [0.29, 0.717) is 11.3 Å². The van der Waals surface area contributed by atoms with Crippen molar-refractivity contribution in [2.45, 2.75) is 31.2 Å². The van der Waals surface area contributed by atoms with Crippen LogP contribution < -0.4 is 15.4 Å². The van der Waals surface area contributed by atoms with Crippen molar-refractivity contribution in [3.63, 3.8) is 0 Å². The molecule has 3 heterocycles. The van der Waals surface area contributed by atoms with Crippen molar-refractivity contribution < 1.29 is 22.7 Å². The second kappa shape index (κ2) is 8.29. The number of carbonyl (C=O) groups excluding carboxylic acids is 1. The van der Waals surface area contributed by atoms with Crippen molar-refractivity contribution in [2.24, 2.45) is 0 Å². The second-order valence-corrected chi connectivity index (χ2v) is 7.16. The van der Waals surface area contributed by atoms with Crippen LogP contribution in [0.15, 0.2) is 55.0 Å². The Balaban J connectivity index is 1.63. The van der Waals surface area contributed by atoms with Gasteiger partial charge in [-0.15, -0.1) is 0 Å². The molecule has 1 aliphatic heterocycles. The molecule has 3 aromatic rings. The van der Waals surface area contributed by atoms with Crippen LogP contribution in [-0.4, -0.2) is 34.0 Å². The fourth-order valence-electron chi connectivity index (χ4n) is 3.59. The maximum atomic E-state index is 13.8. The van der Waals surface area contributed by atoms with Crippen LogP contribution in [0.3, 0.4) is 0 Å². The molecule has 2 atom stereocenters. The van der Waals surface area contributed by atoms with Crippen molar-refractivity contribution in [3.05, 3.63) is 71.7 Å².